The molecule has 0 radical (unpaired) electrons. The Hall–Kier alpha value is -1.30. The number of piperidine rings is 1. The van der Waals surface area contributed by atoms with Gasteiger partial charge in [-0.15, -0.1) is 0 Å². The summed E-state index contributed by atoms with van der Waals surface area (Å²) in [5, 5.41) is 8.81. The maximum absolute atomic E-state index is 11.5. The van der Waals surface area contributed by atoms with E-state index in [0.717, 1.165) is 19.3 Å². The van der Waals surface area contributed by atoms with Crippen molar-refractivity contribution in [3.8, 4) is 0 Å². The molecule has 6 nitrogen and oxygen atoms in total. The van der Waals surface area contributed by atoms with Gasteiger partial charge < -0.3 is 19.5 Å². The lowest BCUT2D eigenvalue weighted by atomic mass is 9.94. The molecule has 17 heavy (non-hydrogen) atoms. The highest BCUT2D eigenvalue weighted by Gasteiger charge is 2.23. The molecule has 1 fully saturated rings. The van der Waals surface area contributed by atoms with Gasteiger partial charge in [0.2, 0.25) is 0 Å². The molecule has 0 aromatic heterocycles. The molecule has 0 bridgehead atoms. The predicted octanol–water partition coefficient (Wildman–Crippen LogP) is 0.390. The standard InChI is InChI=1S/C11H19NO5/c1-16-10(14)8-17-11(15)12-5-2-9(3-6-12)4-7-13/h9,13H,2-8H2,1H3. The van der Waals surface area contributed by atoms with Crippen LogP contribution in [0.3, 0.4) is 0 Å². The number of ether oxygens (including phenoxy) is 2. The van der Waals surface area contributed by atoms with Crippen LogP contribution in [0.4, 0.5) is 4.79 Å². The van der Waals surface area contributed by atoms with Crippen LogP contribution in [0.2, 0.25) is 0 Å². The first-order valence-corrected chi connectivity index (χ1v) is 5.76. The first-order chi connectivity index (χ1) is 8.17. The summed E-state index contributed by atoms with van der Waals surface area (Å²) >= 11 is 0. The minimum Gasteiger partial charge on any atom is -0.466 e. The maximum Gasteiger partial charge on any atom is 0.410 e. The fraction of sp³-hybridized carbons (Fsp3) is 0.818. The molecule has 98 valence electrons. The Bertz CT molecular complexity index is 261. The molecule has 1 aliphatic heterocycles. The largest absolute Gasteiger partial charge is 0.466 e. The third kappa shape index (κ3) is 4.60. The molecule has 1 N–H and O–H groups in total. The van der Waals surface area contributed by atoms with Gasteiger partial charge in [-0.2, -0.15) is 0 Å². The molecule has 0 aliphatic carbocycles. The highest BCUT2D eigenvalue weighted by molar-refractivity contribution is 5.75. The Morgan fingerprint density at radius 1 is 1.35 bits per heavy atom. The first kappa shape index (κ1) is 13.8. The zero-order chi connectivity index (χ0) is 12.7. The number of esters is 1. The lowest BCUT2D eigenvalue weighted by Crippen LogP contribution is -2.39. The lowest BCUT2D eigenvalue weighted by molar-refractivity contribution is -0.144. The van der Waals surface area contributed by atoms with E-state index in [1.165, 1.54) is 7.11 Å². The van der Waals surface area contributed by atoms with Gasteiger partial charge >= 0.3 is 12.1 Å². The molecule has 0 spiro atoms. The molecule has 1 aliphatic rings. The zero-order valence-corrected chi connectivity index (χ0v) is 10.1. The van der Waals surface area contributed by atoms with Gasteiger partial charge in [0.15, 0.2) is 6.61 Å². The van der Waals surface area contributed by atoms with Crippen molar-refractivity contribution in [2.24, 2.45) is 5.92 Å². The lowest BCUT2D eigenvalue weighted by Gasteiger charge is -2.30. The van der Waals surface area contributed by atoms with Gasteiger partial charge in [-0.05, 0) is 25.2 Å². The van der Waals surface area contributed by atoms with Crippen molar-refractivity contribution in [1.82, 2.24) is 4.90 Å². The smallest absolute Gasteiger partial charge is 0.410 e. The zero-order valence-electron chi connectivity index (χ0n) is 10.1. The number of carbonyl (C=O) groups excluding carboxylic acids is 2. The number of aliphatic hydroxyl groups excluding tert-OH is 1. The van der Waals surface area contributed by atoms with Gasteiger partial charge in [0.05, 0.1) is 7.11 Å². The topological polar surface area (TPSA) is 76.1 Å². The number of hydrogen-bond acceptors (Lipinski definition) is 5. The van der Waals surface area contributed by atoms with Crippen LogP contribution < -0.4 is 0 Å². The molecule has 0 aromatic carbocycles. The van der Waals surface area contributed by atoms with E-state index in [1.807, 2.05) is 0 Å². The van der Waals surface area contributed by atoms with Gasteiger partial charge in [0, 0.05) is 19.7 Å². The van der Waals surface area contributed by atoms with Crippen LogP contribution in [0.5, 0.6) is 0 Å². The Labute approximate surface area is 100 Å². The summed E-state index contributed by atoms with van der Waals surface area (Å²) in [4.78, 5) is 23.9. The average molecular weight is 245 g/mol. The van der Waals surface area contributed by atoms with Crippen molar-refractivity contribution in [2.75, 3.05) is 33.4 Å². The Balaban J connectivity index is 2.23. The highest BCUT2D eigenvalue weighted by atomic mass is 16.6. The number of rotatable bonds is 4. The van der Waals surface area contributed by atoms with Crippen LogP contribution in [-0.4, -0.2) is 55.5 Å². The fourth-order valence-electron chi connectivity index (χ4n) is 1.86. The number of nitrogens with zero attached hydrogens (tertiary/aromatic N) is 1. The quantitative estimate of drug-likeness (QED) is 0.725. The minimum atomic E-state index is -0.562. The molecular weight excluding hydrogens is 226 g/mol. The van der Waals surface area contributed by atoms with E-state index in [4.69, 9.17) is 9.84 Å². The first-order valence-electron chi connectivity index (χ1n) is 5.76. The number of amides is 1. The third-order valence-electron chi connectivity index (χ3n) is 2.95. The number of hydrogen-bond donors (Lipinski definition) is 1. The van der Waals surface area contributed by atoms with Gasteiger partial charge in [0.25, 0.3) is 0 Å². The molecule has 1 heterocycles. The predicted molar refractivity (Wildman–Crippen MR) is 59.4 cm³/mol. The van der Waals surface area contributed by atoms with Crippen LogP contribution in [-0.2, 0) is 14.3 Å². The monoisotopic (exact) mass is 245 g/mol. The number of methoxy groups -OCH3 is 1. The van der Waals surface area contributed by atoms with Gasteiger partial charge in [-0.3, -0.25) is 0 Å². The fourth-order valence-corrected chi connectivity index (χ4v) is 1.86. The van der Waals surface area contributed by atoms with Crippen LogP contribution in [0.15, 0.2) is 0 Å². The van der Waals surface area contributed by atoms with Crippen LogP contribution in [0.25, 0.3) is 0 Å². The van der Waals surface area contributed by atoms with Crippen molar-refractivity contribution in [2.45, 2.75) is 19.3 Å². The molecule has 6 heteroatoms. The van der Waals surface area contributed by atoms with Crippen LogP contribution in [0, 0.1) is 5.92 Å². The van der Waals surface area contributed by atoms with Gasteiger partial charge in [0.1, 0.15) is 0 Å². The second kappa shape index (κ2) is 7.11. The van der Waals surface area contributed by atoms with E-state index in [2.05, 4.69) is 4.74 Å². The van der Waals surface area contributed by atoms with E-state index in [-0.39, 0.29) is 13.2 Å². The third-order valence-corrected chi connectivity index (χ3v) is 2.95. The normalized spacial score (nSPS) is 16.7. The molecule has 0 unspecified atom stereocenters. The number of aliphatic hydroxyl groups is 1. The molecule has 0 aromatic rings. The van der Waals surface area contributed by atoms with Crippen molar-refractivity contribution in [3.63, 3.8) is 0 Å². The van der Waals surface area contributed by atoms with Crippen LogP contribution in [0.1, 0.15) is 19.3 Å². The molecule has 1 saturated heterocycles. The van der Waals surface area contributed by atoms with E-state index < -0.39 is 12.1 Å². The molecular formula is C11H19NO5. The number of carbonyl (C=O) groups is 2. The summed E-state index contributed by atoms with van der Waals surface area (Å²) < 4.78 is 9.17. The second-order valence-electron chi connectivity index (χ2n) is 4.07. The molecule has 1 amide bonds. The summed E-state index contributed by atoms with van der Waals surface area (Å²) in [7, 11) is 1.25. The van der Waals surface area contributed by atoms with Crippen molar-refractivity contribution < 1.29 is 24.2 Å². The number of likely N-dealkylation sites (tertiary alicyclic amines) is 1. The molecule has 0 atom stereocenters. The average Bonchev–Trinajstić information content (AvgIpc) is 2.36. The van der Waals surface area contributed by atoms with E-state index in [0.29, 0.717) is 19.0 Å². The Kier molecular flexibility index (Phi) is 5.76. The maximum atomic E-state index is 11.5. The summed E-state index contributed by atoms with van der Waals surface area (Å²) in [6.07, 6.45) is 2.05. The van der Waals surface area contributed by atoms with Crippen molar-refractivity contribution >= 4 is 12.1 Å². The molecule has 0 saturated carbocycles. The van der Waals surface area contributed by atoms with E-state index in [9.17, 15) is 9.59 Å². The second-order valence-corrected chi connectivity index (χ2v) is 4.07. The Morgan fingerprint density at radius 2 is 2.00 bits per heavy atom. The van der Waals surface area contributed by atoms with Crippen molar-refractivity contribution in [3.05, 3.63) is 0 Å². The summed E-state index contributed by atoms with van der Waals surface area (Å²) in [5.74, 6) is -0.0850. The van der Waals surface area contributed by atoms with E-state index >= 15 is 0 Å². The SMILES string of the molecule is COC(=O)COC(=O)N1CCC(CCO)CC1. The Morgan fingerprint density at radius 3 is 2.53 bits per heavy atom. The van der Waals surface area contributed by atoms with E-state index in [1.54, 1.807) is 4.90 Å². The summed E-state index contributed by atoms with van der Waals surface area (Å²) in [6, 6.07) is 0. The molecule has 1 rings (SSSR count). The van der Waals surface area contributed by atoms with Gasteiger partial charge in [-0.25, -0.2) is 9.59 Å². The van der Waals surface area contributed by atoms with Crippen molar-refractivity contribution in [1.29, 1.82) is 0 Å². The highest BCUT2D eigenvalue weighted by Crippen LogP contribution is 2.20. The van der Waals surface area contributed by atoms with Gasteiger partial charge in [-0.1, -0.05) is 0 Å². The van der Waals surface area contributed by atoms with Crippen LogP contribution >= 0.6 is 0 Å². The minimum absolute atomic E-state index is 0.192. The summed E-state index contributed by atoms with van der Waals surface area (Å²) in [5.41, 5.74) is 0. The summed E-state index contributed by atoms with van der Waals surface area (Å²) in [6.45, 7) is 1.08.